The second-order valence-electron chi connectivity index (χ2n) is 5.98. The first kappa shape index (κ1) is 17.0. The van der Waals surface area contributed by atoms with E-state index in [1.807, 2.05) is 29.2 Å². The summed E-state index contributed by atoms with van der Waals surface area (Å²) in [4.78, 5) is 28.2. The van der Waals surface area contributed by atoms with Crippen molar-refractivity contribution < 1.29 is 14.3 Å². The van der Waals surface area contributed by atoms with Gasteiger partial charge < -0.3 is 9.64 Å². The van der Waals surface area contributed by atoms with E-state index < -0.39 is 5.91 Å². The molecule has 1 saturated heterocycles. The van der Waals surface area contributed by atoms with Crippen LogP contribution in [0.2, 0.25) is 0 Å². The molecule has 128 valence electrons. The molecule has 0 bridgehead atoms. The first-order chi connectivity index (χ1) is 11.6. The highest BCUT2D eigenvalue weighted by Crippen LogP contribution is 2.31. The van der Waals surface area contributed by atoms with E-state index in [9.17, 15) is 9.59 Å². The summed E-state index contributed by atoms with van der Waals surface area (Å²) in [6.07, 6.45) is 3.25. The van der Waals surface area contributed by atoms with Gasteiger partial charge in [0, 0.05) is 13.1 Å². The largest absolute Gasteiger partial charge is 0.378 e. The second-order valence-corrected chi connectivity index (χ2v) is 6.36. The van der Waals surface area contributed by atoms with Gasteiger partial charge in [-0.1, -0.05) is 37.1 Å². The van der Waals surface area contributed by atoms with Gasteiger partial charge in [-0.15, -0.1) is 0 Å². The van der Waals surface area contributed by atoms with Crippen molar-refractivity contribution in [3.8, 4) is 0 Å². The molecule has 0 N–H and O–H groups in total. The van der Waals surface area contributed by atoms with Crippen molar-refractivity contribution in [2.75, 3.05) is 31.2 Å². The first-order valence-electron chi connectivity index (χ1n) is 8.33. The number of amides is 2. The van der Waals surface area contributed by atoms with Crippen LogP contribution >= 0.6 is 11.6 Å². The molecule has 2 aliphatic rings. The number of rotatable bonds is 5. The zero-order valence-corrected chi connectivity index (χ0v) is 14.5. The molecule has 2 amide bonds. The molecule has 0 aromatic heterocycles. The molecule has 6 heteroatoms. The van der Waals surface area contributed by atoms with Crippen LogP contribution in [0.1, 0.15) is 25.3 Å². The number of aryl methyl sites for hydroxylation is 1. The third kappa shape index (κ3) is 3.19. The molecule has 24 heavy (non-hydrogen) atoms. The Labute approximate surface area is 146 Å². The van der Waals surface area contributed by atoms with Gasteiger partial charge in [0.25, 0.3) is 11.8 Å². The quantitative estimate of drug-likeness (QED) is 0.768. The molecule has 1 aromatic carbocycles. The Morgan fingerprint density at radius 3 is 2.38 bits per heavy atom. The molecule has 0 radical (unpaired) electrons. The van der Waals surface area contributed by atoms with Gasteiger partial charge in [0.15, 0.2) is 0 Å². The monoisotopic (exact) mass is 348 g/mol. The summed E-state index contributed by atoms with van der Waals surface area (Å²) in [5.41, 5.74) is 2.05. The van der Waals surface area contributed by atoms with Gasteiger partial charge in [-0.3, -0.25) is 9.59 Å². The third-order valence-corrected chi connectivity index (χ3v) is 4.69. The molecule has 0 saturated carbocycles. The Morgan fingerprint density at radius 2 is 1.75 bits per heavy atom. The number of hydrogen-bond acceptors (Lipinski definition) is 4. The summed E-state index contributed by atoms with van der Waals surface area (Å²) in [5.74, 6) is -0.808. The summed E-state index contributed by atoms with van der Waals surface area (Å²) < 4.78 is 5.30. The van der Waals surface area contributed by atoms with Crippen LogP contribution in [0.25, 0.3) is 0 Å². The van der Waals surface area contributed by atoms with E-state index in [2.05, 4.69) is 6.92 Å². The van der Waals surface area contributed by atoms with Crippen molar-refractivity contribution in [2.45, 2.75) is 26.2 Å². The Hall–Kier alpha value is -1.85. The lowest BCUT2D eigenvalue weighted by Crippen LogP contribution is -2.40. The Balaban J connectivity index is 1.80. The molecular formula is C18H21ClN2O3. The fourth-order valence-electron chi connectivity index (χ4n) is 2.98. The van der Waals surface area contributed by atoms with Crippen LogP contribution in [-0.4, -0.2) is 43.0 Å². The third-order valence-electron chi connectivity index (χ3n) is 4.35. The number of imide groups is 1. The van der Waals surface area contributed by atoms with E-state index in [4.69, 9.17) is 16.3 Å². The smallest absolute Gasteiger partial charge is 0.283 e. The average molecular weight is 349 g/mol. The number of nitrogens with zero attached hydrogens (tertiary/aromatic N) is 2. The number of carbonyl (C=O) groups is 2. The molecule has 1 aromatic rings. The van der Waals surface area contributed by atoms with Crippen LogP contribution in [0.15, 0.2) is 35.0 Å². The van der Waals surface area contributed by atoms with Crippen LogP contribution in [-0.2, 0) is 20.7 Å². The lowest BCUT2D eigenvalue weighted by atomic mass is 10.1. The topological polar surface area (TPSA) is 49.9 Å². The van der Waals surface area contributed by atoms with Gasteiger partial charge in [0.2, 0.25) is 0 Å². The summed E-state index contributed by atoms with van der Waals surface area (Å²) in [6, 6.07) is 7.55. The van der Waals surface area contributed by atoms with Crippen molar-refractivity contribution in [2.24, 2.45) is 0 Å². The highest BCUT2D eigenvalue weighted by atomic mass is 35.5. The normalized spacial score (nSPS) is 18.8. The molecule has 0 spiro atoms. The predicted molar refractivity (Wildman–Crippen MR) is 92.8 cm³/mol. The van der Waals surface area contributed by atoms with Gasteiger partial charge in [-0.05, 0) is 30.5 Å². The van der Waals surface area contributed by atoms with Crippen LogP contribution in [0.4, 0.5) is 5.69 Å². The second kappa shape index (κ2) is 7.36. The summed E-state index contributed by atoms with van der Waals surface area (Å²) >= 11 is 6.19. The van der Waals surface area contributed by atoms with Gasteiger partial charge in [-0.25, -0.2) is 4.90 Å². The van der Waals surface area contributed by atoms with E-state index in [0.29, 0.717) is 37.7 Å². The molecule has 2 heterocycles. The van der Waals surface area contributed by atoms with Gasteiger partial charge in [-0.2, -0.15) is 0 Å². The van der Waals surface area contributed by atoms with Crippen molar-refractivity contribution >= 4 is 29.1 Å². The maximum absolute atomic E-state index is 12.8. The summed E-state index contributed by atoms with van der Waals surface area (Å²) in [5, 5.41) is -0.00282. The predicted octanol–water partition coefficient (Wildman–Crippen LogP) is 2.69. The van der Waals surface area contributed by atoms with Crippen molar-refractivity contribution in [3.05, 3.63) is 40.6 Å². The van der Waals surface area contributed by atoms with Crippen LogP contribution < -0.4 is 4.90 Å². The minimum Gasteiger partial charge on any atom is -0.378 e. The average Bonchev–Trinajstić information content (AvgIpc) is 2.84. The maximum atomic E-state index is 12.8. The highest BCUT2D eigenvalue weighted by Gasteiger charge is 2.41. The lowest BCUT2D eigenvalue weighted by molar-refractivity contribution is -0.121. The standard InChI is InChI=1S/C18H21ClN2O3/c1-2-3-4-13-5-7-14(8-6-13)21-17(22)15(19)16(18(21)23)20-9-11-24-12-10-20/h5-8H,2-4,9-12H2,1H3. The Kier molecular flexibility index (Phi) is 5.21. The highest BCUT2D eigenvalue weighted by molar-refractivity contribution is 6.52. The van der Waals surface area contributed by atoms with E-state index in [0.717, 1.165) is 24.2 Å². The zero-order valence-electron chi connectivity index (χ0n) is 13.8. The number of unbranched alkanes of at least 4 members (excludes halogenated alkanes) is 1. The van der Waals surface area contributed by atoms with Crippen molar-refractivity contribution in [1.29, 1.82) is 0 Å². The molecule has 1 fully saturated rings. The fraction of sp³-hybridized carbons (Fsp3) is 0.444. The van der Waals surface area contributed by atoms with Crippen molar-refractivity contribution in [1.82, 2.24) is 4.90 Å². The van der Waals surface area contributed by atoms with Crippen LogP contribution in [0, 0.1) is 0 Å². The molecule has 5 nitrogen and oxygen atoms in total. The molecule has 0 aliphatic carbocycles. The minimum atomic E-state index is -0.454. The van der Waals surface area contributed by atoms with Crippen LogP contribution in [0.5, 0.6) is 0 Å². The number of morpholine rings is 1. The minimum absolute atomic E-state index is 0.00282. The molecular weight excluding hydrogens is 328 g/mol. The number of anilines is 1. The van der Waals surface area contributed by atoms with Crippen LogP contribution in [0.3, 0.4) is 0 Å². The number of hydrogen-bond donors (Lipinski definition) is 0. The number of benzene rings is 1. The Morgan fingerprint density at radius 1 is 1.08 bits per heavy atom. The summed E-state index contributed by atoms with van der Waals surface area (Å²) in [6.45, 7) is 4.34. The molecule has 0 unspecified atom stereocenters. The SMILES string of the molecule is CCCCc1ccc(N2C(=O)C(Cl)=C(N3CCOCC3)C2=O)cc1. The van der Waals surface area contributed by atoms with Gasteiger partial charge >= 0.3 is 0 Å². The fourth-order valence-corrected chi connectivity index (χ4v) is 3.26. The zero-order chi connectivity index (χ0) is 17.1. The first-order valence-corrected chi connectivity index (χ1v) is 8.71. The van der Waals surface area contributed by atoms with E-state index >= 15 is 0 Å². The maximum Gasteiger partial charge on any atom is 0.283 e. The van der Waals surface area contributed by atoms with Gasteiger partial charge in [0.1, 0.15) is 10.7 Å². The molecule has 2 aliphatic heterocycles. The molecule has 0 atom stereocenters. The number of carbonyl (C=O) groups excluding carboxylic acids is 2. The van der Waals surface area contributed by atoms with Crippen molar-refractivity contribution in [3.63, 3.8) is 0 Å². The van der Waals surface area contributed by atoms with E-state index in [1.165, 1.54) is 5.56 Å². The molecule has 3 rings (SSSR count). The summed E-state index contributed by atoms with van der Waals surface area (Å²) in [7, 11) is 0. The number of halogens is 1. The van der Waals surface area contributed by atoms with E-state index in [1.54, 1.807) is 0 Å². The lowest BCUT2D eigenvalue weighted by Gasteiger charge is -2.29. The number of ether oxygens (including phenoxy) is 1. The van der Waals surface area contributed by atoms with Gasteiger partial charge in [0.05, 0.1) is 18.9 Å². The Bertz CT molecular complexity index is 663. The van der Waals surface area contributed by atoms with E-state index in [-0.39, 0.29) is 10.9 Å².